The van der Waals surface area contributed by atoms with Crippen molar-refractivity contribution < 1.29 is 9.59 Å². The van der Waals surface area contributed by atoms with E-state index >= 15 is 0 Å². The molecular weight excluding hydrogens is 278 g/mol. The van der Waals surface area contributed by atoms with E-state index in [0.29, 0.717) is 10.6 Å². The number of hydrogen-bond donors (Lipinski definition) is 4. The third-order valence-electron chi connectivity index (χ3n) is 3.35. The number of hydrogen-bond acceptors (Lipinski definition) is 6. The van der Waals surface area contributed by atoms with Crippen molar-refractivity contribution in [3.05, 3.63) is 10.4 Å². The number of nitrogen functional groups attached to an aromatic ring is 1. The first kappa shape index (κ1) is 14.6. The van der Waals surface area contributed by atoms with Gasteiger partial charge in [0.05, 0.1) is 11.3 Å². The summed E-state index contributed by atoms with van der Waals surface area (Å²) in [6.07, 6.45) is 0.980. The molecule has 0 bridgehead atoms. The highest BCUT2D eigenvalue weighted by molar-refractivity contribution is 7.19. The quantitative estimate of drug-likeness (QED) is 0.620. The molecule has 7 nitrogen and oxygen atoms in total. The Morgan fingerprint density at radius 2 is 2.15 bits per heavy atom. The highest BCUT2D eigenvalue weighted by Gasteiger charge is 2.27. The van der Waals surface area contributed by atoms with Crippen molar-refractivity contribution in [2.24, 2.45) is 5.73 Å². The molecule has 0 aliphatic carbocycles. The van der Waals surface area contributed by atoms with Gasteiger partial charge in [-0.3, -0.25) is 9.59 Å². The summed E-state index contributed by atoms with van der Waals surface area (Å²) in [5, 5.41) is 6.44. The van der Waals surface area contributed by atoms with Gasteiger partial charge in [0.1, 0.15) is 9.88 Å². The number of nitrogens with two attached hydrogens (primary N) is 2. The first-order valence-corrected chi connectivity index (χ1v) is 7.15. The monoisotopic (exact) mass is 297 g/mol. The van der Waals surface area contributed by atoms with Crippen LogP contribution in [0.3, 0.4) is 0 Å². The third kappa shape index (κ3) is 2.70. The molecule has 0 radical (unpaired) electrons. The number of likely N-dealkylation sites (N-methyl/N-ethyl adjacent to an activating group) is 1. The molecular formula is C12H19N5O2S. The molecule has 1 aromatic heterocycles. The summed E-state index contributed by atoms with van der Waals surface area (Å²) in [4.78, 5) is 25.7. The van der Waals surface area contributed by atoms with Crippen LogP contribution >= 0.6 is 11.3 Å². The molecule has 20 heavy (non-hydrogen) atoms. The van der Waals surface area contributed by atoms with Crippen LogP contribution in [0.2, 0.25) is 0 Å². The van der Waals surface area contributed by atoms with Crippen molar-refractivity contribution >= 4 is 33.8 Å². The summed E-state index contributed by atoms with van der Waals surface area (Å²) < 4.78 is 0. The van der Waals surface area contributed by atoms with Crippen LogP contribution < -0.4 is 22.1 Å². The number of carbonyl (C=O) groups excluding carboxylic acids is 2. The fourth-order valence-electron chi connectivity index (χ4n) is 2.32. The van der Waals surface area contributed by atoms with E-state index in [1.54, 1.807) is 0 Å². The minimum Gasteiger partial charge on any atom is -0.397 e. The number of anilines is 2. The van der Waals surface area contributed by atoms with Crippen molar-refractivity contribution in [2.75, 3.05) is 38.2 Å². The molecule has 1 aromatic rings. The molecule has 1 unspecified atom stereocenters. The van der Waals surface area contributed by atoms with E-state index in [9.17, 15) is 9.59 Å². The van der Waals surface area contributed by atoms with Crippen LogP contribution in [0.15, 0.2) is 0 Å². The smallest absolute Gasteiger partial charge is 0.260 e. The Morgan fingerprint density at radius 3 is 2.65 bits per heavy atom. The number of likely N-dealkylation sites (tertiary alicyclic amines) is 1. The lowest BCUT2D eigenvalue weighted by atomic mass is 10.2. The largest absolute Gasteiger partial charge is 0.397 e. The lowest BCUT2D eigenvalue weighted by molar-refractivity contribution is 0.0965. The Labute approximate surface area is 121 Å². The minimum atomic E-state index is -0.616. The fourth-order valence-corrected chi connectivity index (χ4v) is 3.36. The lowest BCUT2D eigenvalue weighted by Gasteiger charge is -2.14. The Balaban J connectivity index is 2.33. The average molecular weight is 297 g/mol. The molecule has 1 saturated heterocycles. The van der Waals surface area contributed by atoms with Crippen LogP contribution in [-0.4, -0.2) is 49.9 Å². The van der Waals surface area contributed by atoms with Crippen molar-refractivity contribution in [1.29, 1.82) is 0 Å². The molecule has 1 aliphatic rings. The van der Waals surface area contributed by atoms with Gasteiger partial charge in [0.25, 0.3) is 11.8 Å². The SMILES string of the molecule is CNC(=O)c1c(NC2CCN(C)C2)sc(C(N)=O)c1N. The summed E-state index contributed by atoms with van der Waals surface area (Å²) in [6, 6.07) is 0.238. The Bertz CT molecular complexity index is 542. The van der Waals surface area contributed by atoms with Crippen LogP contribution in [0.1, 0.15) is 26.5 Å². The molecule has 110 valence electrons. The standard InChI is InChI=1S/C12H19N5O2S/c1-15-11(19)7-8(13)9(10(14)18)20-12(7)16-6-3-4-17(2)5-6/h6,16H,3-5,13H2,1-2H3,(H2,14,18)(H,15,19). The molecule has 8 heteroatoms. The molecule has 6 N–H and O–H groups in total. The molecule has 2 rings (SSSR count). The zero-order valence-corrected chi connectivity index (χ0v) is 12.3. The maximum absolute atomic E-state index is 11.9. The molecule has 2 heterocycles. The molecule has 1 fully saturated rings. The lowest BCUT2D eigenvalue weighted by Crippen LogP contribution is -2.25. The van der Waals surface area contributed by atoms with Gasteiger partial charge in [-0.05, 0) is 20.0 Å². The van der Waals surface area contributed by atoms with Gasteiger partial charge in [0.2, 0.25) is 0 Å². The van der Waals surface area contributed by atoms with Gasteiger partial charge in [-0.1, -0.05) is 0 Å². The average Bonchev–Trinajstić information content (AvgIpc) is 2.93. The predicted octanol–water partition coefficient (Wildman–Crippen LogP) is -0.0952. The number of thiophene rings is 1. The van der Waals surface area contributed by atoms with Crippen LogP contribution in [0, 0.1) is 0 Å². The fraction of sp³-hybridized carbons (Fsp3) is 0.500. The normalized spacial score (nSPS) is 19.0. The highest BCUT2D eigenvalue weighted by Crippen LogP contribution is 2.36. The van der Waals surface area contributed by atoms with Gasteiger partial charge in [-0.15, -0.1) is 11.3 Å². The van der Waals surface area contributed by atoms with Crippen molar-refractivity contribution in [1.82, 2.24) is 10.2 Å². The van der Waals surface area contributed by atoms with Crippen molar-refractivity contribution in [2.45, 2.75) is 12.5 Å². The maximum atomic E-state index is 11.9. The van der Waals surface area contributed by atoms with Crippen LogP contribution in [0.5, 0.6) is 0 Å². The molecule has 0 saturated carbocycles. The van der Waals surface area contributed by atoms with Gasteiger partial charge in [-0.25, -0.2) is 0 Å². The number of rotatable bonds is 4. The van der Waals surface area contributed by atoms with Gasteiger partial charge in [-0.2, -0.15) is 0 Å². The first-order chi connectivity index (χ1) is 9.43. The topological polar surface area (TPSA) is 113 Å². The van der Waals surface area contributed by atoms with Crippen molar-refractivity contribution in [3.63, 3.8) is 0 Å². The zero-order valence-electron chi connectivity index (χ0n) is 11.5. The third-order valence-corrected chi connectivity index (χ3v) is 4.50. The second-order valence-corrected chi connectivity index (χ2v) is 5.91. The van der Waals surface area contributed by atoms with Gasteiger partial charge in [0.15, 0.2) is 0 Å². The Morgan fingerprint density at radius 1 is 1.45 bits per heavy atom. The van der Waals surface area contributed by atoms with Crippen molar-refractivity contribution in [3.8, 4) is 0 Å². The predicted molar refractivity (Wildman–Crippen MR) is 80.2 cm³/mol. The molecule has 0 aromatic carbocycles. The Kier molecular flexibility index (Phi) is 4.15. The molecule has 1 atom stereocenters. The molecule has 0 spiro atoms. The van der Waals surface area contributed by atoms with E-state index in [2.05, 4.69) is 15.5 Å². The van der Waals surface area contributed by atoms with Gasteiger partial charge in [0, 0.05) is 19.6 Å². The first-order valence-electron chi connectivity index (χ1n) is 6.33. The summed E-state index contributed by atoms with van der Waals surface area (Å²) >= 11 is 1.14. The van der Waals surface area contributed by atoms with Crippen LogP contribution in [0.4, 0.5) is 10.7 Å². The summed E-state index contributed by atoms with van der Waals surface area (Å²) in [5.74, 6) is -0.936. The van der Waals surface area contributed by atoms with E-state index < -0.39 is 5.91 Å². The van der Waals surface area contributed by atoms with Crippen LogP contribution in [-0.2, 0) is 0 Å². The summed E-state index contributed by atoms with van der Waals surface area (Å²) in [7, 11) is 3.56. The minimum absolute atomic E-state index is 0.149. The summed E-state index contributed by atoms with van der Waals surface area (Å²) in [6.45, 7) is 1.88. The van der Waals surface area contributed by atoms with E-state index in [1.807, 2.05) is 7.05 Å². The number of nitrogens with one attached hydrogen (secondary N) is 2. The maximum Gasteiger partial charge on any atom is 0.260 e. The highest BCUT2D eigenvalue weighted by atomic mass is 32.1. The van der Waals surface area contributed by atoms with Gasteiger partial charge < -0.3 is 27.0 Å². The number of primary amides is 1. The number of nitrogens with zero attached hydrogens (tertiary/aromatic N) is 1. The molecule has 2 amide bonds. The second-order valence-electron chi connectivity index (χ2n) is 4.88. The van der Waals surface area contributed by atoms with E-state index in [0.717, 1.165) is 30.8 Å². The number of amides is 2. The van der Waals surface area contributed by atoms with E-state index in [1.165, 1.54) is 7.05 Å². The van der Waals surface area contributed by atoms with E-state index in [4.69, 9.17) is 11.5 Å². The summed E-state index contributed by atoms with van der Waals surface area (Å²) in [5.41, 5.74) is 11.6. The second kappa shape index (κ2) is 5.68. The molecule has 1 aliphatic heterocycles. The zero-order chi connectivity index (χ0) is 14.9. The van der Waals surface area contributed by atoms with Gasteiger partial charge >= 0.3 is 0 Å². The van der Waals surface area contributed by atoms with Crippen LogP contribution in [0.25, 0.3) is 0 Å². The Hall–Kier alpha value is -1.80. The number of carbonyl (C=O) groups is 2. The van der Waals surface area contributed by atoms with E-state index in [-0.39, 0.29) is 22.5 Å².